The third-order valence-corrected chi connectivity index (χ3v) is 6.14. The van der Waals surface area contributed by atoms with Crippen LogP contribution >= 0.6 is 0 Å². The van der Waals surface area contributed by atoms with Crippen LogP contribution in [-0.4, -0.2) is 18.9 Å². The Morgan fingerprint density at radius 2 is 2.00 bits per heavy atom. The molecule has 4 nitrogen and oxygen atoms in total. The van der Waals surface area contributed by atoms with Gasteiger partial charge >= 0.3 is 5.97 Å². The summed E-state index contributed by atoms with van der Waals surface area (Å²) in [5, 5.41) is 0. The summed E-state index contributed by atoms with van der Waals surface area (Å²) in [6, 6.07) is 3.80. The fourth-order valence-corrected chi connectivity index (χ4v) is 4.82. The van der Waals surface area contributed by atoms with Crippen LogP contribution in [0, 0.1) is 24.2 Å². The van der Waals surface area contributed by atoms with Crippen LogP contribution < -0.4 is 4.74 Å². The third kappa shape index (κ3) is 3.19. The lowest BCUT2D eigenvalue weighted by Crippen LogP contribution is -2.38. The summed E-state index contributed by atoms with van der Waals surface area (Å²) in [7, 11) is 1.63. The molecule has 1 saturated carbocycles. The van der Waals surface area contributed by atoms with Gasteiger partial charge in [-0.05, 0) is 48.8 Å². The minimum Gasteiger partial charge on any atom is -0.496 e. The molecule has 0 radical (unpaired) electrons. The normalized spacial score (nSPS) is 27.7. The van der Waals surface area contributed by atoms with Crippen LogP contribution in [-0.2, 0) is 9.53 Å². The van der Waals surface area contributed by atoms with Crippen molar-refractivity contribution in [2.75, 3.05) is 7.11 Å². The molecule has 0 spiro atoms. The monoisotopic (exact) mass is 344 g/mol. The molecule has 3 atom stereocenters. The summed E-state index contributed by atoms with van der Waals surface area (Å²) >= 11 is 0. The molecular formula is C21H28O4. The molecule has 0 amide bonds. The van der Waals surface area contributed by atoms with E-state index in [1.54, 1.807) is 7.11 Å². The number of rotatable bonds is 2. The number of esters is 1. The van der Waals surface area contributed by atoms with E-state index >= 15 is 0 Å². The van der Waals surface area contributed by atoms with E-state index in [1.807, 2.05) is 19.1 Å². The molecule has 1 aromatic rings. The number of Topliss-reactive ketones (excluding diaryl/α,β-unsaturated/α-hetero) is 1. The number of hydrogen-bond acceptors (Lipinski definition) is 4. The molecule has 4 heteroatoms. The van der Waals surface area contributed by atoms with Crippen molar-refractivity contribution >= 4 is 11.8 Å². The van der Waals surface area contributed by atoms with E-state index in [-0.39, 0.29) is 35.1 Å². The molecule has 0 N–H and O–H groups in total. The largest absolute Gasteiger partial charge is 0.496 e. The zero-order chi connectivity index (χ0) is 18.4. The van der Waals surface area contributed by atoms with Gasteiger partial charge in [-0.25, -0.2) is 0 Å². The molecule has 0 bridgehead atoms. The van der Waals surface area contributed by atoms with Gasteiger partial charge in [-0.2, -0.15) is 0 Å². The number of carbonyl (C=O) groups is 2. The zero-order valence-electron chi connectivity index (χ0n) is 15.8. The molecule has 1 aromatic carbocycles. The van der Waals surface area contributed by atoms with Crippen molar-refractivity contribution in [2.24, 2.45) is 17.3 Å². The van der Waals surface area contributed by atoms with Crippen molar-refractivity contribution in [1.82, 2.24) is 0 Å². The van der Waals surface area contributed by atoms with Gasteiger partial charge in [0.25, 0.3) is 0 Å². The molecule has 2 aliphatic rings. The molecule has 0 heterocycles. The molecule has 0 saturated heterocycles. The maximum Gasteiger partial charge on any atom is 0.303 e. The van der Waals surface area contributed by atoms with Crippen LogP contribution in [0.15, 0.2) is 12.1 Å². The molecule has 25 heavy (non-hydrogen) atoms. The SMILES string of the molecule is COc1cc2c(cc1C)C(=O)C[C@@H]1[C@@H](CCCC1(C)C)[C@@H]2OC(C)=O. The van der Waals surface area contributed by atoms with E-state index in [0.717, 1.165) is 36.1 Å². The molecule has 0 unspecified atom stereocenters. The summed E-state index contributed by atoms with van der Waals surface area (Å²) in [5.41, 5.74) is 2.50. The highest BCUT2D eigenvalue weighted by atomic mass is 16.5. The Morgan fingerprint density at radius 1 is 1.28 bits per heavy atom. The van der Waals surface area contributed by atoms with Gasteiger partial charge in [0.15, 0.2) is 5.78 Å². The smallest absolute Gasteiger partial charge is 0.303 e. The van der Waals surface area contributed by atoms with Gasteiger partial charge in [-0.1, -0.05) is 20.3 Å². The van der Waals surface area contributed by atoms with Gasteiger partial charge in [-0.3, -0.25) is 9.59 Å². The van der Waals surface area contributed by atoms with Gasteiger partial charge in [0, 0.05) is 30.4 Å². The van der Waals surface area contributed by atoms with E-state index in [1.165, 1.54) is 6.92 Å². The predicted molar refractivity (Wildman–Crippen MR) is 95.8 cm³/mol. The summed E-state index contributed by atoms with van der Waals surface area (Å²) in [5.74, 6) is 0.978. The first-order chi connectivity index (χ1) is 11.7. The molecule has 3 rings (SSSR count). The average Bonchev–Trinajstić information content (AvgIpc) is 2.64. The highest BCUT2D eigenvalue weighted by Crippen LogP contribution is 2.53. The third-order valence-electron chi connectivity index (χ3n) is 6.14. The van der Waals surface area contributed by atoms with Gasteiger partial charge in [0.1, 0.15) is 11.9 Å². The second-order valence-electron chi connectivity index (χ2n) is 8.22. The number of ketones is 1. The molecule has 0 aromatic heterocycles. The topological polar surface area (TPSA) is 52.6 Å². The minimum absolute atomic E-state index is 0.0676. The lowest BCUT2D eigenvalue weighted by Gasteiger charge is -2.45. The number of hydrogen-bond donors (Lipinski definition) is 0. The van der Waals surface area contributed by atoms with Gasteiger partial charge in [0.2, 0.25) is 0 Å². The number of carbonyl (C=O) groups excluding carboxylic acids is 2. The standard InChI is InChI=1S/C21H28O4/c1-12-9-15-16(10-19(12)24-5)20(25-13(2)22)14-7-6-8-21(3,4)17(14)11-18(15)23/h9-10,14,17,20H,6-8,11H2,1-5H3/t14-,17-,20+/m1/s1. The number of ether oxygens (including phenoxy) is 2. The Labute approximate surface area is 149 Å². The van der Waals surface area contributed by atoms with Crippen molar-refractivity contribution in [2.45, 2.75) is 59.5 Å². The number of fused-ring (bicyclic) bond motifs is 2. The fraction of sp³-hybridized carbons (Fsp3) is 0.619. The predicted octanol–water partition coefficient (Wildman–Crippen LogP) is 4.64. The van der Waals surface area contributed by atoms with Crippen LogP contribution in [0.4, 0.5) is 0 Å². The van der Waals surface area contributed by atoms with Gasteiger partial charge in [-0.15, -0.1) is 0 Å². The highest BCUT2D eigenvalue weighted by molar-refractivity contribution is 5.98. The van der Waals surface area contributed by atoms with Crippen molar-refractivity contribution in [3.8, 4) is 5.75 Å². The van der Waals surface area contributed by atoms with E-state index in [4.69, 9.17) is 9.47 Å². The zero-order valence-corrected chi connectivity index (χ0v) is 15.8. The van der Waals surface area contributed by atoms with Crippen LogP contribution in [0.3, 0.4) is 0 Å². The first-order valence-electron chi connectivity index (χ1n) is 9.13. The van der Waals surface area contributed by atoms with E-state index < -0.39 is 0 Å². The Bertz CT molecular complexity index is 704. The molecule has 136 valence electrons. The first-order valence-corrected chi connectivity index (χ1v) is 9.13. The molecule has 0 aliphatic heterocycles. The quantitative estimate of drug-likeness (QED) is 0.734. The lowest BCUT2D eigenvalue weighted by atomic mass is 9.61. The maximum atomic E-state index is 13.1. The Kier molecular flexibility index (Phi) is 4.65. The van der Waals surface area contributed by atoms with Crippen LogP contribution in [0.2, 0.25) is 0 Å². The Hall–Kier alpha value is -1.84. The summed E-state index contributed by atoms with van der Waals surface area (Å²) < 4.78 is 11.3. The van der Waals surface area contributed by atoms with Crippen molar-refractivity contribution in [1.29, 1.82) is 0 Å². The highest BCUT2D eigenvalue weighted by Gasteiger charge is 2.47. The van der Waals surface area contributed by atoms with Crippen molar-refractivity contribution in [3.05, 3.63) is 28.8 Å². The summed E-state index contributed by atoms with van der Waals surface area (Å²) in [6.45, 7) is 7.86. The first kappa shape index (κ1) is 18.0. The van der Waals surface area contributed by atoms with E-state index in [2.05, 4.69) is 13.8 Å². The van der Waals surface area contributed by atoms with Crippen LogP contribution in [0.5, 0.6) is 5.75 Å². The Balaban J connectivity index is 2.17. The summed E-state index contributed by atoms with van der Waals surface area (Å²) in [6.07, 6.45) is 3.33. The fourth-order valence-electron chi connectivity index (χ4n) is 4.82. The number of methoxy groups -OCH3 is 1. The van der Waals surface area contributed by atoms with E-state index in [0.29, 0.717) is 12.0 Å². The molecular weight excluding hydrogens is 316 g/mol. The maximum absolute atomic E-state index is 13.1. The van der Waals surface area contributed by atoms with Gasteiger partial charge in [0.05, 0.1) is 7.11 Å². The molecule has 2 aliphatic carbocycles. The van der Waals surface area contributed by atoms with Crippen LogP contribution in [0.25, 0.3) is 0 Å². The second kappa shape index (κ2) is 6.47. The minimum atomic E-state index is -0.377. The second-order valence-corrected chi connectivity index (χ2v) is 8.22. The lowest BCUT2D eigenvalue weighted by molar-refractivity contribution is -0.153. The average molecular weight is 344 g/mol. The van der Waals surface area contributed by atoms with Gasteiger partial charge < -0.3 is 9.47 Å². The Morgan fingerprint density at radius 3 is 2.64 bits per heavy atom. The van der Waals surface area contributed by atoms with Crippen molar-refractivity contribution < 1.29 is 19.1 Å². The number of aryl methyl sites for hydroxylation is 1. The molecule has 1 fully saturated rings. The summed E-state index contributed by atoms with van der Waals surface area (Å²) in [4.78, 5) is 24.9. The number of benzene rings is 1. The van der Waals surface area contributed by atoms with Crippen molar-refractivity contribution in [3.63, 3.8) is 0 Å². The van der Waals surface area contributed by atoms with E-state index in [9.17, 15) is 9.59 Å². The van der Waals surface area contributed by atoms with Crippen LogP contribution in [0.1, 0.15) is 74.0 Å².